The number of carbonyl (C=O) groups excluding carboxylic acids is 2. The summed E-state index contributed by atoms with van der Waals surface area (Å²) in [6, 6.07) is 14.3. The van der Waals surface area contributed by atoms with Crippen molar-refractivity contribution in [1.29, 1.82) is 0 Å². The van der Waals surface area contributed by atoms with Crippen molar-refractivity contribution in [1.82, 2.24) is 0 Å². The number of carbonyl (C=O) groups is 2. The Kier molecular flexibility index (Phi) is 6.39. The molecule has 26 heavy (non-hydrogen) atoms. The maximum Gasteiger partial charge on any atom is 0.338 e. The number of esters is 1. The number of hydrogen-bond acceptors (Lipinski definition) is 4. The molecule has 0 heterocycles. The number of amides is 1. The smallest absolute Gasteiger partial charge is 0.338 e. The Morgan fingerprint density at radius 1 is 1.04 bits per heavy atom. The summed E-state index contributed by atoms with van der Waals surface area (Å²) in [6.07, 6.45) is 0. The first-order chi connectivity index (χ1) is 12.3. The molecule has 0 unspecified atom stereocenters. The van der Waals surface area contributed by atoms with Crippen LogP contribution in [0.4, 0.5) is 5.69 Å². The van der Waals surface area contributed by atoms with Crippen LogP contribution in [0.15, 0.2) is 48.5 Å². The zero-order valence-electron chi connectivity index (χ0n) is 15.7. The van der Waals surface area contributed by atoms with Crippen LogP contribution in [-0.4, -0.2) is 25.1 Å². The summed E-state index contributed by atoms with van der Waals surface area (Å²) in [6.45, 7) is 8.36. The molecule has 5 nitrogen and oxygen atoms in total. The highest BCUT2D eigenvalue weighted by Gasteiger charge is 2.14. The fourth-order valence-corrected chi connectivity index (χ4v) is 2.30. The predicted octanol–water partition coefficient (Wildman–Crippen LogP) is 4.18. The summed E-state index contributed by atoms with van der Waals surface area (Å²) in [5.74, 6) is 0.00715. The first kappa shape index (κ1) is 19.5. The number of rotatable bonds is 6. The maximum absolute atomic E-state index is 12.1. The van der Waals surface area contributed by atoms with E-state index in [9.17, 15) is 9.59 Å². The molecule has 0 radical (unpaired) electrons. The van der Waals surface area contributed by atoms with E-state index in [4.69, 9.17) is 9.47 Å². The average Bonchev–Trinajstić information content (AvgIpc) is 2.60. The molecule has 1 N–H and O–H groups in total. The van der Waals surface area contributed by atoms with Gasteiger partial charge in [0.25, 0.3) is 5.91 Å². The van der Waals surface area contributed by atoms with Crippen LogP contribution in [0.2, 0.25) is 0 Å². The Morgan fingerprint density at radius 2 is 1.73 bits per heavy atom. The molecule has 1 amide bonds. The van der Waals surface area contributed by atoms with E-state index in [1.54, 1.807) is 31.2 Å². The normalized spacial score (nSPS) is 10.9. The minimum absolute atomic E-state index is 0.0162. The van der Waals surface area contributed by atoms with E-state index in [-0.39, 0.29) is 23.9 Å². The van der Waals surface area contributed by atoms with Crippen LogP contribution < -0.4 is 10.1 Å². The molecular weight excluding hydrogens is 330 g/mol. The number of benzene rings is 2. The summed E-state index contributed by atoms with van der Waals surface area (Å²) in [4.78, 5) is 23.7. The molecule has 0 saturated heterocycles. The van der Waals surface area contributed by atoms with E-state index < -0.39 is 0 Å². The third kappa shape index (κ3) is 5.62. The largest absolute Gasteiger partial charge is 0.484 e. The third-order valence-electron chi connectivity index (χ3n) is 3.75. The monoisotopic (exact) mass is 355 g/mol. The second-order valence-corrected chi connectivity index (χ2v) is 6.91. The van der Waals surface area contributed by atoms with Gasteiger partial charge in [-0.25, -0.2) is 4.79 Å². The minimum atomic E-state index is -0.382. The molecule has 0 fully saturated rings. The van der Waals surface area contributed by atoms with Gasteiger partial charge in [-0.15, -0.1) is 0 Å². The van der Waals surface area contributed by atoms with E-state index in [1.807, 2.05) is 24.3 Å². The Morgan fingerprint density at radius 3 is 2.35 bits per heavy atom. The fourth-order valence-electron chi connectivity index (χ4n) is 2.30. The highest BCUT2D eigenvalue weighted by atomic mass is 16.5. The number of hydrogen-bond donors (Lipinski definition) is 1. The van der Waals surface area contributed by atoms with E-state index >= 15 is 0 Å². The van der Waals surface area contributed by atoms with Crippen molar-refractivity contribution in [2.24, 2.45) is 0 Å². The van der Waals surface area contributed by atoms with Crippen molar-refractivity contribution in [3.63, 3.8) is 0 Å². The molecule has 2 aromatic rings. The Bertz CT molecular complexity index is 760. The molecule has 5 heteroatoms. The van der Waals surface area contributed by atoms with Crippen molar-refractivity contribution in [3.05, 3.63) is 59.7 Å². The summed E-state index contributed by atoms with van der Waals surface area (Å²) < 4.78 is 10.5. The van der Waals surface area contributed by atoms with Gasteiger partial charge in [0.2, 0.25) is 0 Å². The molecule has 0 aromatic heterocycles. The quantitative estimate of drug-likeness (QED) is 0.790. The molecule has 138 valence electrons. The fraction of sp³-hybridized carbons (Fsp3) is 0.333. The summed E-state index contributed by atoms with van der Waals surface area (Å²) in [5, 5.41) is 2.74. The number of anilines is 1. The molecule has 0 aliphatic carbocycles. The zero-order valence-corrected chi connectivity index (χ0v) is 15.7. The lowest BCUT2D eigenvalue weighted by molar-refractivity contribution is -0.118. The van der Waals surface area contributed by atoms with Crippen LogP contribution in [0.3, 0.4) is 0 Å². The van der Waals surface area contributed by atoms with Gasteiger partial charge in [0.05, 0.1) is 12.2 Å². The third-order valence-corrected chi connectivity index (χ3v) is 3.75. The first-order valence-corrected chi connectivity index (χ1v) is 8.60. The Hall–Kier alpha value is -2.82. The number of ether oxygens (including phenoxy) is 2. The van der Waals surface area contributed by atoms with Gasteiger partial charge in [0, 0.05) is 5.69 Å². The van der Waals surface area contributed by atoms with E-state index in [0.717, 1.165) is 5.56 Å². The summed E-state index contributed by atoms with van der Waals surface area (Å²) in [5.41, 5.74) is 2.20. The van der Waals surface area contributed by atoms with Crippen LogP contribution in [0.25, 0.3) is 0 Å². The zero-order chi connectivity index (χ0) is 19.2. The Balaban J connectivity index is 1.90. The van der Waals surface area contributed by atoms with E-state index in [0.29, 0.717) is 23.6 Å². The van der Waals surface area contributed by atoms with Crippen LogP contribution in [0, 0.1) is 0 Å². The van der Waals surface area contributed by atoms with Gasteiger partial charge in [0.1, 0.15) is 5.75 Å². The van der Waals surface area contributed by atoms with Gasteiger partial charge in [-0.05, 0) is 54.3 Å². The van der Waals surface area contributed by atoms with Gasteiger partial charge in [-0.1, -0.05) is 32.9 Å². The van der Waals surface area contributed by atoms with Crippen molar-refractivity contribution in [2.45, 2.75) is 33.1 Å². The molecular formula is C21H25NO4. The van der Waals surface area contributed by atoms with E-state index in [1.165, 1.54) is 0 Å². The van der Waals surface area contributed by atoms with Gasteiger partial charge in [-0.2, -0.15) is 0 Å². The second-order valence-electron chi connectivity index (χ2n) is 6.91. The Labute approximate surface area is 154 Å². The van der Waals surface area contributed by atoms with Crippen LogP contribution in [-0.2, 0) is 14.9 Å². The molecule has 0 aliphatic rings. The lowest BCUT2D eigenvalue weighted by Crippen LogP contribution is -2.20. The molecule has 0 saturated carbocycles. The molecule has 0 spiro atoms. The summed E-state index contributed by atoms with van der Waals surface area (Å²) in [7, 11) is 0. The maximum atomic E-state index is 12.1. The van der Waals surface area contributed by atoms with Crippen molar-refractivity contribution in [3.8, 4) is 5.75 Å². The highest BCUT2D eigenvalue weighted by Crippen LogP contribution is 2.25. The standard InChI is InChI=1S/C21H25NO4/c1-5-25-20(24)15-9-11-17(12-10-15)22-19(23)14-26-18-8-6-7-16(13-18)21(2,3)4/h6-13H,5,14H2,1-4H3,(H,22,23). The van der Waals surface area contributed by atoms with Crippen molar-refractivity contribution < 1.29 is 19.1 Å². The van der Waals surface area contributed by atoms with Gasteiger partial charge < -0.3 is 14.8 Å². The van der Waals surface area contributed by atoms with Crippen LogP contribution in [0.5, 0.6) is 5.75 Å². The lowest BCUT2D eigenvalue weighted by atomic mass is 9.87. The molecule has 0 bridgehead atoms. The number of nitrogens with one attached hydrogen (secondary N) is 1. The molecule has 2 aromatic carbocycles. The van der Waals surface area contributed by atoms with Gasteiger partial charge >= 0.3 is 5.97 Å². The lowest BCUT2D eigenvalue weighted by Gasteiger charge is -2.19. The summed E-state index contributed by atoms with van der Waals surface area (Å²) >= 11 is 0. The van der Waals surface area contributed by atoms with Crippen LogP contribution in [0.1, 0.15) is 43.6 Å². The topological polar surface area (TPSA) is 64.6 Å². The minimum Gasteiger partial charge on any atom is -0.484 e. The van der Waals surface area contributed by atoms with Crippen molar-refractivity contribution >= 4 is 17.6 Å². The molecule has 0 atom stereocenters. The van der Waals surface area contributed by atoms with Gasteiger partial charge in [0.15, 0.2) is 6.61 Å². The van der Waals surface area contributed by atoms with Crippen molar-refractivity contribution in [2.75, 3.05) is 18.5 Å². The predicted molar refractivity (Wildman–Crippen MR) is 102 cm³/mol. The second kappa shape index (κ2) is 8.52. The molecule has 2 rings (SSSR count). The molecule has 0 aliphatic heterocycles. The average molecular weight is 355 g/mol. The first-order valence-electron chi connectivity index (χ1n) is 8.60. The van der Waals surface area contributed by atoms with Gasteiger partial charge in [-0.3, -0.25) is 4.79 Å². The highest BCUT2D eigenvalue weighted by molar-refractivity contribution is 5.93. The van der Waals surface area contributed by atoms with E-state index in [2.05, 4.69) is 26.1 Å². The SMILES string of the molecule is CCOC(=O)c1ccc(NC(=O)COc2cccc(C(C)(C)C)c2)cc1. The van der Waals surface area contributed by atoms with Crippen LogP contribution >= 0.6 is 0 Å².